The Hall–Kier alpha value is -2.71. The van der Waals surface area contributed by atoms with Gasteiger partial charge in [0.2, 0.25) is 5.78 Å². The summed E-state index contributed by atoms with van der Waals surface area (Å²) in [5.41, 5.74) is 1.46. The lowest BCUT2D eigenvalue weighted by Gasteiger charge is -2.29. The van der Waals surface area contributed by atoms with E-state index in [4.69, 9.17) is 4.74 Å². The van der Waals surface area contributed by atoms with Gasteiger partial charge in [0.05, 0.1) is 33.8 Å². The molecule has 0 bridgehead atoms. The van der Waals surface area contributed by atoms with Crippen molar-refractivity contribution in [3.8, 4) is 5.75 Å². The molecule has 1 aliphatic heterocycles. The van der Waals surface area contributed by atoms with Crippen LogP contribution in [0.2, 0.25) is 0 Å². The minimum atomic E-state index is -0.687. The molecule has 33 heavy (non-hydrogen) atoms. The number of aromatic nitrogens is 1. The highest BCUT2D eigenvalue weighted by Gasteiger charge is 2.44. The number of ketones is 1. The van der Waals surface area contributed by atoms with Crippen LogP contribution in [-0.2, 0) is 4.79 Å². The van der Waals surface area contributed by atoms with Crippen LogP contribution in [0.15, 0.2) is 35.6 Å². The highest BCUT2D eigenvalue weighted by atomic mass is 32.1. The minimum Gasteiger partial charge on any atom is -0.503 e. The number of aryl methyl sites for hydroxylation is 2. The van der Waals surface area contributed by atoms with Gasteiger partial charge in [-0.15, -0.1) is 11.3 Å². The molecule has 1 amide bonds. The molecule has 0 fully saturated rings. The van der Waals surface area contributed by atoms with E-state index < -0.39 is 17.7 Å². The van der Waals surface area contributed by atoms with Crippen molar-refractivity contribution in [2.75, 3.05) is 32.8 Å². The molecule has 0 aliphatic carbocycles. The first kappa shape index (κ1) is 24.9. The second-order valence-corrected chi connectivity index (χ2v) is 9.29. The van der Waals surface area contributed by atoms with Crippen molar-refractivity contribution in [2.24, 2.45) is 0 Å². The van der Waals surface area contributed by atoms with Crippen LogP contribution < -0.4 is 4.74 Å². The summed E-state index contributed by atoms with van der Waals surface area (Å²) in [7, 11) is 0. The predicted molar refractivity (Wildman–Crippen MR) is 130 cm³/mol. The van der Waals surface area contributed by atoms with Crippen LogP contribution in [0.1, 0.15) is 59.2 Å². The summed E-state index contributed by atoms with van der Waals surface area (Å²) in [5, 5.41) is 11.7. The molecule has 0 spiro atoms. The summed E-state index contributed by atoms with van der Waals surface area (Å²) in [4.78, 5) is 35.4. The molecule has 3 rings (SSSR count). The van der Waals surface area contributed by atoms with Crippen molar-refractivity contribution in [3.05, 3.63) is 56.7 Å². The molecule has 2 heterocycles. The van der Waals surface area contributed by atoms with Crippen LogP contribution in [0, 0.1) is 13.8 Å². The number of hydrogen-bond donors (Lipinski definition) is 1. The van der Waals surface area contributed by atoms with Gasteiger partial charge in [-0.05, 0) is 51.1 Å². The maximum absolute atomic E-state index is 13.6. The topological polar surface area (TPSA) is 83.0 Å². The smallest absolute Gasteiger partial charge is 0.290 e. The second-order valence-electron chi connectivity index (χ2n) is 8.09. The fourth-order valence-electron chi connectivity index (χ4n) is 4.11. The number of benzene rings is 1. The number of ether oxygens (including phenoxy) is 1. The van der Waals surface area contributed by atoms with Crippen LogP contribution in [-0.4, -0.2) is 64.4 Å². The fraction of sp³-hybridized carbons (Fsp3) is 0.480. The molecule has 178 valence electrons. The Kier molecular flexibility index (Phi) is 8.26. The monoisotopic (exact) mass is 471 g/mol. The average Bonchev–Trinajstić information content (AvgIpc) is 3.28. The lowest BCUT2D eigenvalue weighted by Crippen LogP contribution is -2.38. The number of rotatable bonds is 11. The van der Waals surface area contributed by atoms with E-state index in [0.717, 1.165) is 30.1 Å². The third kappa shape index (κ3) is 5.28. The summed E-state index contributed by atoms with van der Waals surface area (Å²) < 4.78 is 5.80. The molecule has 0 radical (unpaired) electrons. The number of thiazole rings is 1. The number of nitrogens with zero attached hydrogens (tertiary/aromatic N) is 3. The average molecular weight is 472 g/mol. The van der Waals surface area contributed by atoms with E-state index in [0.29, 0.717) is 36.0 Å². The third-order valence-corrected chi connectivity index (χ3v) is 6.93. The number of likely N-dealkylation sites (N-methyl/N-ethyl adjacent to an activating group) is 1. The van der Waals surface area contributed by atoms with Crippen LogP contribution in [0.25, 0.3) is 0 Å². The largest absolute Gasteiger partial charge is 0.503 e. The summed E-state index contributed by atoms with van der Waals surface area (Å²) >= 11 is 1.28. The van der Waals surface area contributed by atoms with Crippen LogP contribution in [0.4, 0.5) is 0 Å². The van der Waals surface area contributed by atoms with E-state index in [1.165, 1.54) is 11.3 Å². The maximum Gasteiger partial charge on any atom is 0.290 e. The van der Waals surface area contributed by atoms with Crippen molar-refractivity contribution in [1.82, 2.24) is 14.8 Å². The minimum absolute atomic E-state index is 0.110. The normalized spacial score (nSPS) is 16.2. The zero-order chi connectivity index (χ0) is 24.1. The molecule has 7 nitrogen and oxygen atoms in total. The Bertz CT molecular complexity index is 1040. The lowest BCUT2D eigenvalue weighted by atomic mass is 9.95. The van der Waals surface area contributed by atoms with Crippen molar-refractivity contribution in [1.29, 1.82) is 0 Å². The zero-order valence-corrected chi connectivity index (χ0v) is 20.9. The standard InChI is InChI=1S/C25H33N3O4S/c1-6-14-32-19-11-9-10-18(15-19)21-20(22(29)24-16(4)26-17(5)33-24)23(30)25(31)28(21)13-12-27(7-2)8-3/h9-11,15,21,30H,6-8,12-14H2,1-5H3. The van der Waals surface area contributed by atoms with Crippen LogP contribution >= 0.6 is 11.3 Å². The van der Waals surface area contributed by atoms with Gasteiger partial charge < -0.3 is 19.6 Å². The molecule has 0 saturated heterocycles. The van der Waals surface area contributed by atoms with Gasteiger partial charge in [0.25, 0.3) is 5.91 Å². The molecular weight excluding hydrogens is 438 g/mol. The maximum atomic E-state index is 13.6. The van der Waals surface area contributed by atoms with Gasteiger partial charge in [-0.3, -0.25) is 9.59 Å². The van der Waals surface area contributed by atoms with Crippen molar-refractivity contribution in [2.45, 2.75) is 47.1 Å². The van der Waals surface area contributed by atoms with E-state index >= 15 is 0 Å². The summed E-state index contributed by atoms with van der Waals surface area (Å²) in [6, 6.07) is 6.75. The van der Waals surface area contributed by atoms with E-state index in [1.54, 1.807) is 11.8 Å². The third-order valence-electron chi connectivity index (χ3n) is 5.86. The summed E-state index contributed by atoms with van der Waals surface area (Å²) in [6.07, 6.45) is 0.872. The molecular formula is C25H33N3O4S. The molecule has 8 heteroatoms. The Balaban J connectivity index is 2.04. The van der Waals surface area contributed by atoms with Gasteiger partial charge in [0.15, 0.2) is 5.76 Å². The number of amides is 1. The van der Waals surface area contributed by atoms with Crippen molar-refractivity contribution in [3.63, 3.8) is 0 Å². The number of carbonyl (C=O) groups excluding carboxylic acids is 2. The molecule has 1 atom stereocenters. The molecule has 1 aliphatic rings. The van der Waals surface area contributed by atoms with Crippen LogP contribution in [0.5, 0.6) is 5.75 Å². The molecule has 1 N–H and O–H groups in total. The predicted octanol–water partition coefficient (Wildman–Crippen LogP) is 4.47. The SMILES string of the molecule is CCCOc1cccc(C2C(C(=O)c3sc(C)nc3C)=C(O)C(=O)N2CCN(CC)CC)c1. The zero-order valence-electron chi connectivity index (χ0n) is 20.1. The van der Waals surface area contributed by atoms with E-state index in [1.807, 2.05) is 38.1 Å². The Morgan fingerprint density at radius 3 is 2.58 bits per heavy atom. The first-order valence-electron chi connectivity index (χ1n) is 11.5. The van der Waals surface area contributed by atoms with E-state index in [2.05, 4.69) is 23.7 Å². The molecule has 1 aromatic heterocycles. The van der Waals surface area contributed by atoms with Gasteiger partial charge in [-0.1, -0.05) is 32.9 Å². The van der Waals surface area contributed by atoms with Gasteiger partial charge in [-0.25, -0.2) is 4.98 Å². The van der Waals surface area contributed by atoms with Gasteiger partial charge in [-0.2, -0.15) is 0 Å². The van der Waals surface area contributed by atoms with Crippen molar-refractivity contribution < 1.29 is 19.4 Å². The number of carbonyl (C=O) groups is 2. The highest BCUT2D eigenvalue weighted by molar-refractivity contribution is 7.14. The summed E-state index contributed by atoms with van der Waals surface area (Å²) in [6.45, 7) is 13.1. The lowest BCUT2D eigenvalue weighted by molar-refractivity contribution is -0.129. The number of aliphatic hydroxyl groups excluding tert-OH is 1. The van der Waals surface area contributed by atoms with Gasteiger partial charge >= 0.3 is 0 Å². The molecule has 0 saturated carbocycles. The Labute approximate surface area is 199 Å². The highest BCUT2D eigenvalue weighted by Crippen LogP contribution is 2.40. The second kappa shape index (κ2) is 10.9. The van der Waals surface area contributed by atoms with Crippen LogP contribution in [0.3, 0.4) is 0 Å². The molecule has 1 unspecified atom stereocenters. The quantitative estimate of drug-likeness (QED) is 0.487. The first-order chi connectivity index (χ1) is 15.8. The molecule has 1 aromatic carbocycles. The van der Waals surface area contributed by atoms with E-state index in [9.17, 15) is 14.7 Å². The number of Topliss-reactive ketones (excluding diaryl/α,β-unsaturated/α-hetero) is 1. The summed E-state index contributed by atoms with van der Waals surface area (Å²) in [5.74, 6) is -0.670. The van der Waals surface area contributed by atoms with Gasteiger partial charge in [0.1, 0.15) is 5.75 Å². The van der Waals surface area contributed by atoms with Gasteiger partial charge in [0, 0.05) is 13.1 Å². The fourth-order valence-corrected chi connectivity index (χ4v) is 4.98. The molecule has 2 aromatic rings. The van der Waals surface area contributed by atoms with Crippen molar-refractivity contribution >= 4 is 23.0 Å². The Morgan fingerprint density at radius 1 is 1.24 bits per heavy atom. The van der Waals surface area contributed by atoms with E-state index in [-0.39, 0.29) is 11.4 Å². The first-order valence-corrected chi connectivity index (χ1v) is 12.3. The number of aliphatic hydroxyl groups is 1. The number of hydrogen-bond acceptors (Lipinski definition) is 7. The Morgan fingerprint density at radius 2 is 1.97 bits per heavy atom.